The highest BCUT2D eigenvalue weighted by molar-refractivity contribution is 5.78. The fraction of sp³-hybridized carbons (Fsp3) is 0.833. The van der Waals surface area contributed by atoms with Gasteiger partial charge < -0.3 is 14.8 Å². The smallest absolute Gasteiger partial charge is 0.246 e. The third-order valence-electron chi connectivity index (χ3n) is 1.80. The molecule has 2 saturated heterocycles. The average Bonchev–Trinajstić information content (AvgIpc) is 2.33. The number of hydrogen-bond acceptors (Lipinski definition) is 3. The van der Waals surface area contributed by atoms with Gasteiger partial charge in [-0.2, -0.15) is 0 Å². The molecule has 0 bridgehead atoms. The predicted octanol–water partition coefficient (Wildman–Crippen LogP) is -1.10. The summed E-state index contributed by atoms with van der Waals surface area (Å²) in [6, 6.07) is 0.0984. The molecule has 2 heterocycles. The number of ether oxygens (including phenoxy) is 2. The van der Waals surface area contributed by atoms with Crippen LogP contribution in [0, 0.1) is 0 Å². The van der Waals surface area contributed by atoms with Crippen LogP contribution in [-0.4, -0.2) is 37.9 Å². The van der Waals surface area contributed by atoms with Crippen LogP contribution in [0.5, 0.6) is 0 Å². The molecule has 2 fully saturated rings. The van der Waals surface area contributed by atoms with E-state index in [0.29, 0.717) is 13.2 Å². The van der Waals surface area contributed by atoms with E-state index in [-0.39, 0.29) is 24.7 Å². The van der Waals surface area contributed by atoms with E-state index < -0.39 is 0 Å². The molecule has 2 rings (SSSR count). The van der Waals surface area contributed by atoms with Gasteiger partial charge in [0.05, 0.1) is 19.3 Å². The number of amides is 1. The van der Waals surface area contributed by atoms with E-state index in [0.717, 1.165) is 0 Å². The van der Waals surface area contributed by atoms with Gasteiger partial charge in [-0.05, 0) is 0 Å². The Morgan fingerprint density at radius 2 is 2.40 bits per heavy atom. The zero-order chi connectivity index (χ0) is 6.97. The number of fused-ring (bicyclic) bond motifs is 1. The predicted molar refractivity (Wildman–Crippen MR) is 32.5 cm³/mol. The van der Waals surface area contributed by atoms with Crippen molar-refractivity contribution in [1.29, 1.82) is 0 Å². The number of carbonyl (C=O) groups is 1. The molecule has 4 heteroatoms. The maximum Gasteiger partial charge on any atom is 0.246 e. The maximum atomic E-state index is 10.7. The molecule has 2 aliphatic heterocycles. The third-order valence-corrected chi connectivity index (χ3v) is 1.80. The van der Waals surface area contributed by atoms with Crippen molar-refractivity contribution in [2.24, 2.45) is 0 Å². The van der Waals surface area contributed by atoms with Crippen molar-refractivity contribution in [3.63, 3.8) is 0 Å². The monoisotopic (exact) mass is 143 g/mol. The van der Waals surface area contributed by atoms with Crippen LogP contribution in [0.25, 0.3) is 0 Å². The Morgan fingerprint density at radius 3 is 3.30 bits per heavy atom. The molecule has 0 aromatic heterocycles. The standard InChI is InChI=1S/C6H9NO3/c8-6-3-10-5-2-9-1-4(5)7-6/h4-5H,1-3H2,(H,7,8). The van der Waals surface area contributed by atoms with Gasteiger partial charge in [-0.25, -0.2) is 0 Å². The summed E-state index contributed by atoms with van der Waals surface area (Å²) in [4.78, 5) is 10.7. The van der Waals surface area contributed by atoms with E-state index in [4.69, 9.17) is 9.47 Å². The largest absolute Gasteiger partial charge is 0.376 e. The first kappa shape index (κ1) is 6.12. The normalized spacial score (nSPS) is 39.0. The van der Waals surface area contributed by atoms with Gasteiger partial charge in [0.15, 0.2) is 0 Å². The van der Waals surface area contributed by atoms with Gasteiger partial charge >= 0.3 is 0 Å². The van der Waals surface area contributed by atoms with Gasteiger partial charge in [-0.15, -0.1) is 0 Å². The maximum absolute atomic E-state index is 10.7. The molecule has 0 spiro atoms. The summed E-state index contributed by atoms with van der Waals surface area (Å²) >= 11 is 0. The van der Waals surface area contributed by atoms with Gasteiger partial charge in [0.25, 0.3) is 0 Å². The summed E-state index contributed by atoms with van der Waals surface area (Å²) < 4.78 is 10.3. The summed E-state index contributed by atoms with van der Waals surface area (Å²) in [6.07, 6.45) is 0.0951. The zero-order valence-corrected chi connectivity index (χ0v) is 5.50. The average molecular weight is 143 g/mol. The van der Waals surface area contributed by atoms with Crippen LogP contribution in [0.4, 0.5) is 0 Å². The fourth-order valence-electron chi connectivity index (χ4n) is 1.26. The Hall–Kier alpha value is -0.610. The molecule has 0 radical (unpaired) electrons. The number of hydrogen-bond donors (Lipinski definition) is 1. The van der Waals surface area contributed by atoms with Gasteiger partial charge in [0.1, 0.15) is 12.7 Å². The van der Waals surface area contributed by atoms with Gasteiger partial charge in [-0.3, -0.25) is 4.79 Å². The molecule has 0 saturated carbocycles. The van der Waals surface area contributed by atoms with Crippen LogP contribution in [0.2, 0.25) is 0 Å². The molecule has 4 nitrogen and oxygen atoms in total. The quantitative estimate of drug-likeness (QED) is 0.468. The molecule has 56 valence electrons. The van der Waals surface area contributed by atoms with Crippen molar-refractivity contribution < 1.29 is 14.3 Å². The molecule has 0 aliphatic carbocycles. The van der Waals surface area contributed by atoms with Crippen LogP contribution in [-0.2, 0) is 14.3 Å². The SMILES string of the molecule is O=C1COC2COCC2N1. The molecule has 2 atom stereocenters. The van der Waals surface area contributed by atoms with Crippen molar-refractivity contribution in [1.82, 2.24) is 5.32 Å². The third kappa shape index (κ3) is 0.892. The first-order valence-corrected chi connectivity index (χ1v) is 3.35. The van der Waals surface area contributed by atoms with Gasteiger partial charge in [0, 0.05) is 0 Å². The van der Waals surface area contributed by atoms with Crippen molar-refractivity contribution >= 4 is 5.91 Å². The molecule has 1 amide bonds. The van der Waals surface area contributed by atoms with E-state index in [2.05, 4.69) is 5.32 Å². The minimum atomic E-state index is -0.0354. The Kier molecular flexibility index (Phi) is 1.35. The highest BCUT2D eigenvalue weighted by Crippen LogP contribution is 2.12. The summed E-state index contributed by atoms with van der Waals surface area (Å²) in [5, 5.41) is 2.79. The van der Waals surface area contributed by atoms with Crippen molar-refractivity contribution in [3.8, 4) is 0 Å². The minimum Gasteiger partial charge on any atom is -0.376 e. The fourth-order valence-corrected chi connectivity index (χ4v) is 1.26. The van der Waals surface area contributed by atoms with Gasteiger partial charge in [0.2, 0.25) is 5.91 Å². The number of nitrogens with one attached hydrogen (secondary N) is 1. The molecule has 0 aromatic rings. The lowest BCUT2D eigenvalue weighted by Crippen LogP contribution is -2.50. The number of carbonyl (C=O) groups excluding carboxylic acids is 1. The molecular formula is C6H9NO3. The van der Waals surface area contributed by atoms with Crippen LogP contribution in [0.15, 0.2) is 0 Å². The van der Waals surface area contributed by atoms with Crippen LogP contribution in [0.1, 0.15) is 0 Å². The molecule has 2 unspecified atom stereocenters. The van der Waals surface area contributed by atoms with E-state index in [1.807, 2.05) is 0 Å². The second-order valence-electron chi connectivity index (χ2n) is 2.56. The first-order valence-electron chi connectivity index (χ1n) is 3.35. The van der Waals surface area contributed by atoms with Crippen molar-refractivity contribution in [2.45, 2.75) is 12.1 Å². The lowest BCUT2D eigenvalue weighted by atomic mass is 10.2. The first-order chi connectivity index (χ1) is 4.86. The van der Waals surface area contributed by atoms with E-state index in [1.54, 1.807) is 0 Å². The summed E-state index contributed by atoms with van der Waals surface area (Å²) in [5.41, 5.74) is 0. The molecular weight excluding hydrogens is 134 g/mol. The van der Waals surface area contributed by atoms with Crippen molar-refractivity contribution in [3.05, 3.63) is 0 Å². The lowest BCUT2D eigenvalue weighted by Gasteiger charge is -2.24. The highest BCUT2D eigenvalue weighted by Gasteiger charge is 2.34. The number of rotatable bonds is 0. The minimum absolute atomic E-state index is 0.0354. The van der Waals surface area contributed by atoms with Crippen molar-refractivity contribution in [2.75, 3.05) is 19.8 Å². The number of morpholine rings is 1. The van der Waals surface area contributed by atoms with Gasteiger partial charge in [-0.1, -0.05) is 0 Å². The molecule has 10 heavy (non-hydrogen) atoms. The van der Waals surface area contributed by atoms with E-state index >= 15 is 0 Å². The summed E-state index contributed by atoms with van der Waals surface area (Å²) in [6.45, 7) is 1.39. The Balaban J connectivity index is 2.03. The highest BCUT2D eigenvalue weighted by atomic mass is 16.6. The van der Waals surface area contributed by atoms with E-state index in [9.17, 15) is 4.79 Å². The second-order valence-corrected chi connectivity index (χ2v) is 2.56. The Bertz CT molecular complexity index is 159. The van der Waals surface area contributed by atoms with Crippen LogP contribution < -0.4 is 5.32 Å². The zero-order valence-electron chi connectivity index (χ0n) is 5.50. The van der Waals surface area contributed by atoms with E-state index in [1.165, 1.54) is 0 Å². The molecule has 0 aromatic carbocycles. The summed E-state index contributed by atoms with van der Waals surface area (Å²) in [5.74, 6) is -0.0354. The molecule has 1 N–H and O–H groups in total. The molecule has 2 aliphatic rings. The Labute approximate surface area is 58.5 Å². The topological polar surface area (TPSA) is 47.6 Å². The van der Waals surface area contributed by atoms with Crippen LogP contribution in [0.3, 0.4) is 0 Å². The lowest BCUT2D eigenvalue weighted by molar-refractivity contribution is -0.134. The Morgan fingerprint density at radius 1 is 1.50 bits per heavy atom. The van der Waals surface area contributed by atoms with Crippen LogP contribution >= 0.6 is 0 Å². The second kappa shape index (κ2) is 2.21. The summed E-state index contributed by atoms with van der Waals surface area (Å²) in [7, 11) is 0.